The molecule has 150 valence electrons. The molecular formula is C22H23N3O3S. The summed E-state index contributed by atoms with van der Waals surface area (Å²) in [6.45, 7) is 6.32. The van der Waals surface area contributed by atoms with Gasteiger partial charge < -0.3 is 9.47 Å². The number of aryl methyl sites for hydroxylation is 1. The van der Waals surface area contributed by atoms with Crippen LogP contribution >= 0.6 is 11.3 Å². The van der Waals surface area contributed by atoms with Crippen LogP contribution in [0, 0.1) is 6.92 Å². The molecule has 0 saturated carbocycles. The first-order valence-electron chi connectivity index (χ1n) is 9.46. The van der Waals surface area contributed by atoms with Crippen molar-refractivity contribution < 1.29 is 14.3 Å². The molecule has 0 fully saturated rings. The fraction of sp³-hybridized carbons (Fsp3) is 0.318. The Morgan fingerprint density at radius 1 is 1.28 bits per heavy atom. The van der Waals surface area contributed by atoms with E-state index >= 15 is 0 Å². The van der Waals surface area contributed by atoms with E-state index in [4.69, 9.17) is 9.47 Å². The highest BCUT2D eigenvalue weighted by molar-refractivity contribution is 7.14. The number of anilines is 1. The summed E-state index contributed by atoms with van der Waals surface area (Å²) in [7, 11) is 0. The molecule has 3 aromatic rings. The maximum atomic E-state index is 13.1. The maximum Gasteiger partial charge on any atom is 0.267 e. The summed E-state index contributed by atoms with van der Waals surface area (Å²) in [6, 6.07) is 9.59. The van der Waals surface area contributed by atoms with Crippen LogP contribution in [0.5, 0.6) is 11.5 Å². The Morgan fingerprint density at radius 3 is 2.79 bits per heavy atom. The van der Waals surface area contributed by atoms with E-state index in [-0.39, 0.29) is 18.1 Å². The van der Waals surface area contributed by atoms with Gasteiger partial charge in [-0.3, -0.25) is 14.7 Å². The van der Waals surface area contributed by atoms with Crippen LogP contribution in [0.1, 0.15) is 30.7 Å². The minimum absolute atomic E-state index is 0.0933. The van der Waals surface area contributed by atoms with Crippen LogP contribution < -0.4 is 14.4 Å². The summed E-state index contributed by atoms with van der Waals surface area (Å²) in [4.78, 5) is 23.3. The van der Waals surface area contributed by atoms with Crippen LogP contribution in [0.3, 0.4) is 0 Å². The SMILES string of the molecule is Cc1csc(N(Cc2ccncc2)C(=O)COc2cccc3c2OC(C)(C)C3)n1. The van der Waals surface area contributed by atoms with Gasteiger partial charge in [0.1, 0.15) is 5.60 Å². The van der Waals surface area contributed by atoms with Crippen molar-refractivity contribution in [3.63, 3.8) is 0 Å². The van der Waals surface area contributed by atoms with E-state index < -0.39 is 0 Å². The van der Waals surface area contributed by atoms with Gasteiger partial charge in [0.15, 0.2) is 23.2 Å². The smallest absolute Gasteiger partial charge is 0.267 e. The predicted molar refractivity (Wildman–Crippen MR) is 113 cm³/mol. The lowest BCUT2D eigenvalue weighted by Crippen LogP contribution is -2.34. The zero-order valence-electron chi connectivity index (χ0n) is 16.7. The Bertz CT molecular complexity index is 1020. The van der Waals surface area contributed by atoms with E-state index in [0.717, 1.165) is 29.0 Å². The van der Waals surface area contributed by atoms with E-state index in [0.29, 0.717) is 17.4 Å². The maximum absolute atomic E-state index is 13.1. The number of benzene rings is 1. The number of carbonyl (C=O) groups excluding carboxylic acids is 1. The first kappa shape index (κ1) is 19.4. The average molecular weight is 410 g/mol. The molecule has 0 radical (unpaired) electrons. The monoisotopic (exact) mass is 409 g/mol. The highest BCUT2D eigenvalue weighted by Gasteiger charge is 2.32. The van der Waals surface area contributed by atoms with Gasteiger partial charge in [-0.15, -0.1) is 11.3 Å². The largest absolute Gasteiger partial charge is 0.483 e. The summed E-state index contributed by atoms with van der Waals surface area (Å²) in [5.74, 6) is 1.17. The molecule has 0 N–H and O–H groups in total. The van der Waals surface area contributed by atoms with Gasteiger partial charge >= 0.3 is 0 Å². The molecule has 1 aromatic carbocycles. The van der Waals surface area contributed by atoms with Crippen molar-refractivity contribution >= 4 is 22.4 Å². The second kappa shape index (κ2) is 7.83. The molecule has 1 amide bonds. The van der Waals surface area contributed by atoms with Gasteiger partial charge in [0.25, 0.3) is 5.91 Å². The Kier molecular flexibility index (Phi) is 5.24. The number of carbonyl (C=O) groups is 1. The van der Waals surface area contributed by atoms with Crippen molar-refractivity contribution in [1.82, 2.24) is 9.97 Å². The highest BCUT2D eigenvalue weighted by Crippen LogP contribution is 2.41. The van der Waals surface area contributed by atoms with Crippen LogP contribution in [-0.4, -0.2) is 28.1 Å². The minimum atomic E-state index is -0.266. The van der Waals surface area contributed by atoms with Crippen molar-refractivity contribution in [2.24, 2.45) is 0 Å². The lowest BCUT2D eigenvalue weighted by molar-refractivity contribution is -0.120. The standard InChI is InChI=1S/C22H23N3O3S/c1-15-14-29-21(24-15)25(12-16-7-9-23-10-8-16)19(26)13-27-18-6-4-5-17-11-22(2,3)28-20(17)18/h4-10,14H,11-13H2,1-3H3. The van der Waals surface area contributed by atoms with Crippen molar-refractivity contribution in [3.05, 3.63) is 64.9 Å². The number of aromatic nitrogens is 2. The van der Waals surface area contributed by atoms with Gasteiger partial charge in [-0.05, 0) is 44.5 Å². The molecule has 2 aromatic heterocycles. The predicted octanol–water partition coefficient (Wildman–Crippen LogP) is 4.17. The van der Waals surface area contributed by atoms with Crippen LogP contribution in [0.4, 0.5) is 5.13 Å². The van der Waals surface area contributed by atoms with Gasteiger partial charge in [0, 0.05) is 29.8 Å². The van der Waals surface area contributed by atoms with E-state index in [1.54, 1.807) is 17.3 Å². The summed E-state index contributed by atoms with van der Waals surface area (Å²) in [5.41, 5.74) is 2.70. The van der Waals surface area contributed by atoms with Gasteiger partial charge in [0.2, 0.25) is 0 Å². The van der Waals surface area contributed by atoms with Gasteiger partial charge in [-0.1, -0.05) is 12.1 Å². The number of hydrogen-bond donors (Lipinski definition) is 0. The first-order valence-corrected chi connectivity index (χ1v) is 10.3. The molecule has 0 spiro atoms. The number of nitrogens with zero attached hydrogens (tertiary/aromatic N) is 3. The zero-order chi connectivity index (χ0) is 20.4. The Labute approximate surface area is 174 Å². The molecule has 1 aliphatic heterocycles. The third-order valence-electron chi connectivity index (χ3n) is 4.64. The van der Waals surface area contributed by atoms with Gasteiger partial charge in [0.05, 0.1) is 12.2 Å². The van der Waals surface area contributed by atoms with Crippen LogP contribution in [-0.2, 0) is 17.8 Å². The van der Waals surface area contributed by atoms with Gasteiger partial charge in [-0.2, -0.15) is 0 Å². The van der Waals surface area contributed by atoms with Crippen molar-refractivity contribution in [3.8, 4) is 11.5 Å². The molecular weight excluding hydrogens is 386 g/mol. The average Bonchev–Trinajstić information content (AvgIpc) is 3.26. The van der Waals surface area contributed by atoms with Crippen LogP contribution in [0.2, 0.25) is 0 Å². The molecule has 6 nitrogen and oxygen atoms in total. The second-order valence-electron chi connectivity index (χ2n) is 7.68. The summed E-state index contributed by atoms with van der Waals surface area (Å²) in [6.07, 6.45) is 4.25. The Hall–Kier alpha value is -2.93. The quantitative estimate of drug-likeness (QED) is 0.611. The third kappa shape index (κ3) is 4.40. The number of fused-ring (bicyclic) bond motifs is 1. The van der Waals surface area contributed by atoms with Crippen molar-refractivity contribution in [1.29, 1.82) is 0 Å². The second-order valence-corrected chi connectivity index (χ2v) is 8.51. The molecule has 3 heterocycles. The minimum Gasteiger partial charge on any atom is -0.483 e. The molecule has 0 bridgehead atoms. The molecule has 0 unspecified atom stereocenters. The van der Waals surface area contributed by atoms with E-state index in [9.17, 15) is 4.79 Å². The molecule has 0 saturated heterocycles. The molecule has 1 aliphatic rings. The fourth-order valence-electron chi connectivity index (χ4n) is 3.32. The molecule has 0 aliphatic carbocycles. The number of rotatable bonds is 6. The van der Waals surface area contributed by atoms with E-state index in [1.807, 2.05) is 56.5 Å². The van der Waals surface area contributed by atoms with Crippen LogP contribution in [0.15, 0.2) is 48.1 Å². The highest BCUT2D eigenvalue weighted by atomic mass is 32.1. The number of thiazole rings is 1. The zero-order valence-corrected chi connectivity index (χ0v) is 17.5. The summed E-state index contributed by atoms with van der Waals surface area (Å²) in [5, 5.41) is 2.59. The molecule has 7 heteroatoms. The van der Waals surface area contributed by atoms with Crippen LogP contribution in [0.25, 0.3) is 0 Å². The topological polar surface area (TPSA) is 64.6 Å². The lowest BCUT2D eigenvalue weighted by Gasteiger charge is -2.21. The number of hydrogen-bond acceptors (Lipinski definition) is 6. The normalized spacial score (nSPS) is 14.2. The third-order valence-corrected chi connectivity index (χ3v) is 5.62. The molecule has 29 heavy (non-hydrogen) atoms. The Morgan fingerprint density at radius 2 is 2.07 bits per heavy atom. The van der Waals surface area contributed by atoms with E-state index in [2.05, 4.69) is 9.97 Å². The number of pyridine rings is 1. The van der Waals surface area contributed by atoms with E-state index in [1.165, 1.54) is 11.3 Å². The first-order chi connectivity index (χ1) is 13.9. The summed E-state index contributed by atoms with van der Waals surface area (Å²) < 4.78 is 11.9. The fourth-order valence-corrected chi connectivity index (χ4v) is 4.14. The molecule has 4 rings (SSSR count). The Balaban J connectivity index is 1.51. The molecule has 0 atom stereocenters. The van der Waals surface area contributed by atoms with Crippen molar-refractivity contribution in [2.75, 3.05) is 11.5 Å². The summed E-state index contributed by atoms with van der Waals surface area (Å²) >= 11 is 1.44. The number of amides is 1. The van der Waals surface area contributed by atoms with Gasteiger partial charge in [-0.25, -0.2) is 4.98 Å². The van der Waals surface area contributed by atoms with Crippen molar-refractivity contribution in [2.45, 2.75) is 39.3 Å². The lowest BCUT2D eigenvalue weighted by atomic mass is 10.0. The number of para-hydroxylation sites is 1. The number of ether oxygens (including phenoxy) is 2.